The number of alkyl halides is 3. The SMILES string of the molecule is CCCC[C@@H](N)C(=O)N1CCC(n2cc(CCCO)nn2)CC1.O=C(O)C(F)(F)F. The lowest BCUT2D eigenvalue weighted by molar-refractivity contribution is -0.192. The third-order valence-electron chi connectivity index (χ3n) is 4.73. The third kappa shape index (κ3) is 8.66. The van der Waals surface area contributed by atoms with E-state index < -0.39 is 12.1 Å². The molecule has 0 aliphatic carbocycles. The zero-order valence-electron chi connectivity index (χ0n) is 17.0. The average Bonchev–Trinajstić information content (AvgIpc) is 3.18. The number of aliphatic carboxylic acids is 1. The highest BCUT2D eigenvalue weighted by Crippen LogP contribution is 2.22. The van der Waals surface area contributed by atoms with Crippen LogP contribution in [0.15, 0.2) is 6.20 Å². The van der Waals surface area contributed by atoms with Crippen molar-refractivity contribution in [2.45, 2.75) is 70.1 Å². The summed E-state index contributed by atoms with van der Waals surface area (Å²) in [5.41, 5.74) is 6.91. The van der Waals surface area contributed by atoms with Gasteiger partial charge < -0.3 is 20.8 Å². The zero-order chi connectivity index (χ0) is 22.7. The first-order valence-corrected chi connectivity index (χ1v) is 9.96. The molecule has 0 saturated carbocycles. The van der Waals surface area contributed by atoms with Gasteiger partial charge in [-0.3, -0.25) is 4.79 Å². The lowest BCUT2D eigenvalue weighted by Crippen LogP contribution is -2.47. The number of halogens is 3. The Hall–Kier alpha value is -2.21. The number of carbonyl (C=O) groups excluding carboxylic acids is 1. The summed E-state index contributed by atoms with van der Waals surface area (Å²) in [4.78, 5) is 23.1. The second-order valence-electron chi connectivity index (χ2n) is 7.13. The summed E-state index contributed by atoms with van der Waals surface area (Å²) in [6.07, 6.45) is 2.94. The summed E-state index contributed by atoms with van der Waals surface area (Å²) < 4.78 is 33.6. The first-order valence-electron chi connectivity index (χ1n) is 9.96. The molecule has 1 amide bonds. The lowest BCUT2D eigenvalue weighted by Gasteiger charge is -2.33. The standard InChI is InChI=1S/C16H29N5O2.C2HF3O2/c1-2-3-6-15(17)16(23)20-9-7-14(8-10-20)21-12-13(18-19-21)5-4-11-22;3-2(4,5)1(6)7/h12,14-15,22H,2-11,17H2,1H3;(H,6,7)/t15-;/m1./s1. The molecule has 30 heavy (non-hydrogen) atoms. The second-order valence-corrected chi connectivity index (χ2v) is 7.13. The molecule has 2 rings (SSSR count). The molecular weight excluding hydrogens is 407 g/mol. The zero-order valence-corrected chi connectivity index (χ0v) is 17.0. The van der Waals surface area contributed by atoms with E-state index in [2.05, 4.69) is 17.2 Å². The summed E-state index contributed by atoms with van der Waals surface area (Å²) in [6.45, 7) is 3.74. The fraction of sp³-hybridized carbons (Fsp3) is 0.778. The van der Waals surface area contributed by atoms with Crippen molar-refractivity contribution in [1.29, 1.82) is 0 Å². The van der Waals surface area contributed by atoms with Gasteiger partial charge in [0.2, 0.25) is 5.91 Å². The Labute approximate surface area is 173 Å². The highest BCUT2D eigenvalue weighted by atomic mass is 19.4. The van der Waals surface area contributed by atoms with Gasteiger partial charge in [0.25, 0.3) is 0 Å². The smallest absolute Gasteiger partial charge is 0.475 e. The van der Waals surface area contributed by atoms with Crippen LogP contribution < -0.4 is 5.73 Å². The van der Waals surface area contributed by atoms with E-state index in [1.807, 2.05) is 15.8 Å². The first kappa shape index (κ1) is 25.8. The monoisotopic (exact) mass is 437 g/mol. The van der Waals surface area contributed by atoms with Gasteiger partial charge in [-0.25, -0.2) is 9.48 Å². The number of hydrogen-bond acceptors (Lipinski definition) is 6. The number of carboxylic acid groups (broad SMARTS) is 1. The van der Waals surface area contributed by atoms with Crippen LogP contribution >= 0.6 is 0 Å². The Balaban J connectivity index is 0.000000553. The molecule has 1 aromatic rings. The molecule has 12 heteroatoms. The van der Waals surface area contributed by atoms with E-state index in [1.165, 1.54) is 0 Å². The maximum atomic E-state index is 12.3. The number of amides is 1. The van der Waals surface area contributed by atoms with Gasteiger partial charge in [-0.15, -0.1) is 5.10 Å². The Morgan fingerprint density at radius 3 is 2.40 bits per heavy atom. The number of aliphatic hydroxyl groups excluding tert-OH is 1. The van der Waals surface area contributed by atoms with Crippen molar-refractivity contribution >= 4 is 11.9 Å². The highest BCUT2D eigenvalue weighted by molar-refractivity contribution is 5.81. The van der Waals surface area contributed by atoms with Crippen LogP contribution in [0, 0.1) is 0 Å². The minimum atomic E-state index is -5.08. The second kappa shape index (κ2) is 12.5. The van der Waals surface area contributed by atoms with Gasteiger partial charge in [0, 0.05) is 25.9 Å². The van der Waals surface area contributed by atoms with Crippen LogP contribution in [0.5, 0.6) is 0 Å². The fourth-order valence-corrected chi connectivity index (χ4v) is 3.00. The number of likely N-dealkylation sites (tertiary alicyclic amines) is 1. The number of piperidine rings is 1. The van der Waals surface area contributed by atoms with Crippen molar-refractivity contribution in [1.82, 2.24) is 19.9 Å². The average molecular weight is 437 g/mol. The molecule has 1 aliphatic heterocycles. The third-order valence-corrected chi connectivity index (χ3v) is 4.73. The predicted octanol–water partition coefficient (Wildman–Crippen LogP) is 1.52. The van der Waals surface area contributed by atoms with Crippen LogP contribution in [-0.2, 0) is 16.0 Å². The van der Waals surface area contributed by atoms with Crippen molar-refractivity contribution in [3.05, 3.63) is 11.9 Å². The summed E-state index contributed by atoms with van der Waals surface area (Å²) in [5, 5.41) is 24.3. The maximum Gasteiger partial charge on any atom is 0.490 e. The number of nitrogens with zero attached hydrogens (tertiary/aromatic N) is 4. The van der Waals surface area contributed by atoms with Gasteiger partial charge in [0.15, 0.2) is 0 Å². The summed E-state index contributed by atoms with van der Waals surface area (Å²) in [5.74, 6) is -2.67. The van der Waals surface area contributed by atoms with Gasteiger partial charge in [-0.05, 0) is 32.1 Å². The minimum absolute atomic E-state index is 0.0825. The molecule has 1 atom stereocenters. The number of carboxylic acids is 1. The van der Waals surface area contributed by atoms with Crippen LogP contribution in [0.3, 0.4) is 0 Å². The van der Waals surface area contributed by atoms with E-state index in [-0.39, 0.29) is 18.6 Å². The number of aliphatic hydroxyl groups is 1. The molecule has 172 valence electrons. The molecule has 1 aromatic heterocycles. The normalized spacial score (nSPS) is 16.0. The summed E-state index contributed by atoms with van der Waals surface area (Å²) >= 11 is 0. The molecule has 2 heterocycles. The number of rotatable bonds is 8. The topological polar surface area (TPSA) is 135 Å². The number of aromatic nitrogens is 3. The number of nitrogens with two attached hydrogens (primary N) is 1. The molecule has 1 saturated heterocycles. The van der Waals surface area contributed by atoms with Gasteiger partial charge in [-0.2, -0.15) is 13.2 Å². The quantitative estimate of drug-likeness (QED) is 0.561. The Bertz CT molecular complexity index is 660. The molecule has 1 fully saturated rings. The van der Waals surface area contributed by atoms with Crippen LogP contribution in [-0.4, -0.2) is 73.9 Å². The minimum Gasteiger partial charge on any atom is -0.475 e. The van der Waals surface area contributed by atoms with E-state index in [0.717, 1.165) is 57.3 Å². The Morgan fingerprint density at radius 2 is 1.90 bits per heavy atom. The van der Waals surface area contributed by atoms with Crippen molar-refractivity contribution < 1.29 is 33.0 Å². The van der Waals surface area contributed by atoms with Crippen molar-refractivity contribution in [2.24, 2.45) is 5.73 Å². The van der Waals surface area contributed by atoms with E-state index in [0.29, 0.717) is 12.5 Å². The van der Waals surface area contributed by atoms with Crippen molar-refractivity contribution in [3.8, 4) is 0 Å². The van der Waals surface area contributed by atoms with Crippen LogP contribution in [0.2, 0.25) is 0 Å². The fourth-order valence-electron chi connectivity index (χ4n) is 3.00. The molecule has 1 aliphatic rings. The predicted molar refractivity (Wildman–Crippen MR) is 101 cm³/mol. The lowest BCUT2D eigenvalue weighted by atomic mass is 10.0. The maximum absolute atomic E-state index is 12.3. The van der Waals surface area contributed by atoms with Crippen LogP contribution in [0.4, 0.5) is 13.2 Å². The van der Waals surface area contributed by atoms with Gasteiger partial charge in [-0.1, -0.05) is 25.0 Å². The van der Waals surface area contributed by atoms with E-state index >= 15 is 0 Å². The number of aryl methyl sites for hydroxylation is 1. The molecule has 0 radical (unpaired) electrons. The Kier molecular flexibility index (Phi) is 10.7. The molecule has 0 unspecified atom stereocenters. The van der Waals surface area contributed by atoms with Gasteiger partial charge >= 0.3 is 12.1 Å². The summed E-state index contributed by atoms with van der Waals surface area (Å²) in [6, 6.07) is -0.0655. The van der Waals surface area contributed by atoms with Crippen LogP contribution in [0.25, 0.3) is 0 Å². The molecule has 0 aromatic carbocycles. The van der Waals surface area contributed by atoms with Crippen molar-refractivity contribution in [2.75, 3.05) is 19.7 Å². The Morgan fingerprint density at radius 1 is 1.30 bits per heavy atom. The summed E-state index contributed by atoms with van der Waals surface area (Å²) in [7, 11) is 0. The van der Waals surface area contributed by atoms with Gasteiger partial charge in [0.1, 0.15) is 0 Å². The molecule has 0 spiro atoms. The molecule has 9 nitrogen and oxygen atoms in total. The molecular formula is C18H30F3N5O4. The van der Waals surface area contributed by atoms with Crippen LogP contribution in [0.1, 0.15) is 57.2 Å². The van der Waals surface area contributed by atoms with Gasteiger partial charge in [0.05, 0.1) is 17.8 Å². The first-order chi connectivity index (χ1) is 14.1. The largest absolute Gasteiger partial charge is 0.490 e. The number of hydrogen-bond donors (Lipinski definition) is 3. The van der Waals surface area contributed by atoms with E-state index in [9.17, 15) is 18.0 Å². The molecule has 0 bridgehead atoms. The molecule has 4 N–H and O–H groups in total. The van der Waals surface area contributed by atoms with Crippen molar-refractivity contribution in [3.63, 3.8) is 0 Å². The number of carbonyl (C=O) groups is 2. The highest BCUT2D eigenvalue weighted by Gasteiger charge is 2.38. The van der Waals surface area contributed by atoms with E-state index in [1.54, 1.807) is 0 Å². The number of unbranched alkanes of at least 4 members (excludes halogenated alkanes) is 1. The van der Waals surface area contributed by atoms with E-state index in [4.69, 9.17) is 20.7 Å².